The average molecular weight is 256 g/mol. The number of pyridine rings is 1. The zero-order valence-electron chi connectivity index (χ0n) is 6.57. The Labute approximate surface area is 87.8 Å². The third-order valence-electron chi connectivity index (χ3n) is 1.50. The number of nitrogens with zero attached hydrogens (tertiary/aromatic N) is 2. The summed E-state index contributed by atoms with van der Waals surface area (Å²) in [6, 6.07) is 3.87. The summed E-state index contributed by atoms with van der Waals surface area (Å²) < 4.78 is 0.966. The lowest BCUT2D eigenvalue weighted by Crippen LogP contribution is -1.78. The van der Waals surface area contributed by atoms with Crippen LogP contribution in [0.3, 0.4) is 0 Å². The second kappa shape index (κ2) is 3.43. The van der Waals surface area contributed by atoms with E-state index >= 15 is 0 Å². The van der Waals surface area contributed by atoms with Gasteiger partial charge in [0, 0.05) is 16.9 Å². The molecule has 2 N–H and O–H groups in total. The molecule has 0 aromatic carbocycles. The highest BCUT2D eigenvalue weighted by atomic mass is 79.9. The molecule has 0 aliphatic carbocycles. The molecule has 3 nitrogen and oxygen atoms in total. The first kappa shape index (κ1) is 8.65. The molecule has 0 amide bonds. The van der Waals surface area contributed by atoms with Crippen molar-refractivity contribution in [3.63, 3.8) is 0 Å². The number of nitrogens with two attached hydrogens (primary N) is 1. The standard InChI is InChI=1S/C8H6BrN3S/c9-5-1-2-6(11-3-5)7-4-12-8(10)13-7/h1-4H,(H2,10,12). The smallest absolute Gasteiger partial charge is 0.180 e. The van der Waals surface area contributed by atoms with Crippen molar-refractivity contribution < 1.29 is 0 Å². The Kier molecular flexibility index (Phi) is 2.28. The van der Waals surface area contributed by atoms with E-state index in [1.54, 1.807) is 12.4 Å². The van der Waals surface area contributed by atoms with Crippen molar-refractivity contribution in [3.05, 3.63) is 29.0 Å². The summed E-state index contributed by atoms with van der Waals surface area (Å²) in [6.07, 6.45) is 3.49. The maximum atomic E-state index is 5.52. The molecular formula is C8H6BrN3S. The van der Waals surface area contributed by atoms with E-state index < -0.39 is 0 Å². The van der Waals surface area contributed by atoms with E-state index in [0.717, 1.165) is 15.0 Å². The molecule has 0 unspecified atom stereocenters. The molecule has 2 rings (SSSR count). The van der Waals surface area contributed by atoms with E-state index in [4.69, 9.17) is 5.73 Å². The Morgan fingerprint density at radius 2 is 2.08 bits per heavy atom. The summed E-state index contributed by atoms with van der Waals surface area (Å²) in [4.78, 5) is 9.18. The molecular weight excluding hydrogens is 250 g/mol. The summed E-state index contributed by atoms with van der Waals surface area (Å²) in [6.45, 7) is 0. The van der Waals surface area contributed by atoms with Gasteiger partial charge in [-0.25, -0.2) is 4.98 Å². The van der Waals surface area contributed by atoms with Crippen LogP contribution >= 0.6 is 27.3 Å². The van der Waals surface area contributed by atoms with E-state index in [1.165, 1.54) is 11.3 Å². The van der Waals surface area contributed by atoms with E-state index in [0.29, 0.717) is 5.13 Å². The predicted octanol–water partition coefficient (Wildman–Crippen LogP) is 2.55. The predicted molar refractivity (Wildman–Crippen MR) is 57.5 cm³/mol. The van der Waals surface area contributed by atoms with Crippen molar-refractivity contribution in [2.45, 2.75) is 0 Å². The second-order valence-electron chi connectivity index (χ2n) is 2.42. The topological polar surface area (TPSA) is 51.8 Å². The van der Waals surface area contributed by atoms with Crippen LogP contribution in [0.25, 0.3) is 10.6 Å². The zero-order chi connectivity index (χ0) is 9.26. The molecule has 0 radical (unpaired) electrons. The van der Waals surface area contributed by atoms with Gasteiger partial charge in [0.2, 0.25) is 0 Å². The largest absolute Gasteiger partial charge is 0.375 e. The SMILES string of the molecule is Nc1ncc(-c2ccc(Br)cn2)s1. The summed E-state index contributed by atoms with van der Waals surface area (Å²) in [7, 11) is 0. The first-order valence-corrected chi connectivity index (χ1v) is 5.20. The number of anilines is 1. The highest BCUT2D eigenvalue weighted by Crippen LogP contribution is 2.25. The third kappa shape index (κ3) is 1.87. The van der Waals surface area contributed by atoms with Gasteiger partial charge in [-0.3, -0.25) is 4.98 Å². The van der Waals surface area contributed by atoms with Gasteiger partial charge in [-0.1, -0.05) is 11.3 Å². The number of nitrogen functional groups attached to an aromatic ring is 1. The van der Waals surface area contributed by atoms with Crippen molar-refractivity contribution >= 4 is 32.4 Å². The maximum absolute atomic E-state index is 5.52. The minimum Gasteiger partial charge on any atom is -0.375 e. The van der Waals surface area contributed by atoms with Gasteiger partial charge >= 0.3 is 0 Å². The van der Waals surface area contributed by atoms with Gasteiger partial charge in [0.15, 0.2) is 5.13 Å². The molecule has 5 heteroatoms. The molecule has 0 saturated carbocycles. The number of halogens is 1. The molecule has 0 spiro atoms. The number of aromatic nitrogens is 2. The highest BCUT2D eigenvalue weighted by Gasteiger charge is 2.02. The van der Waals surface area contributed by atoms with Crippen LogP contribution in [-0.4, -0.2) is 9.97 Å². The van der Waals surface area contributed by atoms with Gasteiger partial charge in [0.25, 0.3) is 0 Å². The quantitative estimate of drug-likeness (QED) is 0.853. The van der Waals surface area contributed by atoms with Crippen LogP contribution in [0, 0.1) is 0 Å². The fourth-order valence-corrected chi connectivity index (χ4v) is 1.82. The van der Waals surface area contributed by atoms with Crippen molar-refractivity contribution in [3.8, 4) is 10.6 Å². The normalized spacial score (nSPS) is 10.2. The third-order valence-corrected chi connectivity index (χ3v) is 2.82. The Morgan fingerprint density at radius 1 is 1.23 bits per heavy atom. The molecule has 13 heavy (non-hydrogen) atoms. The van der Waals surface area contributed by atoms with Gasteiger partial charge in [0.1, 0.15) is 0 Å². The van der Waals surface area contributed by atoms with Crippen LogP contribution in [0.2, 0.25) is 0 Å². The van der Waals surface area contributed by atoms with Gasteiger partial charge in [0.05, 0.1) is 10.6 Å². The fraction of sp³-hybridized carbons (Fsp3) is 0. The van der Waals surface area contributed by atoms with Gasteiger partial charge in [-0.05, 0) is 28.1 Å². The molecule has 66 valence electrons. The first-order valence-electron chi connectivity index (χ1n) is 3.59. The molecule has 0 atom stereocenters. The van der Waals surface area contributed by atoms with E-state index in [9.17, 15) is 0 Å². The monoisotopic (exact) mass is 255 g/mol. The second-order valence-corrected chi connectivity index (χ2v) is 4.40. The number of hydrogen-bond donors (Lipinski definition) is 1. The lowest BCUT2D eigenvalue weighted by molar-refractivity contribution is 1.31. The van der Waals surface area contributed by atoms with Crippen molar-refractivity contribution in [2.24, 2.45) is 0 Å². The van der Waals surface area contributed by atoms with Crippen LogP contribution in [0.4, 0.5) is 5.13 Å². The van der Waals surface area contributed by atoms with Crippen LogP contribution in [-0.2, 0) is 0 Å². The maximum Gasteiger partial charge on any atom is 0.180 e. The summed E-state index contributed by atoms with van der Waals surface area (Å²) in [5.41, 5.74) is 6.42. The van der Waals surface area contributed by atoms with Crippen LogP contribution < -0.4 is 5.73 Å². The van der Waals surface area contributed by atoms with Gasteiger partial charge < -0.3 is 5.73 Å². The summed E-state index contributed by atoms with van der Waals surface area (Å²) in [5.74, 6) is 0. The molecule has 0 bridgehead atoms. The van der Waals surface area contributed by atoms with Crippen molar-refractivity contribution in [1.82, 2.24) is 9.97 Å². The molecule has 2 aromatic heterocycles. The Bertz CT molecular complexity index is 410. The van der Waals surface area contributed by atoms with E-state index in [-0.39, 0.29) is 0 Å². The Hall–Kier alpha value is -0.940. The summed E-state index contributed by atoms with van der Waals surface area (Å²) >= 11 is 4.76. The van der Waals surface area contributed by atoms with Crippen LogP contribution in [0.15, 0.2) is 29.0 Å². The van der Waals surface area contributed by atoms with E-state index in [1.807, 2.05) is 12.1 Å². The molecule has 0 saturated heterocycles. The molecule has 2 heterocycles. The average Bonchev–Trinajstić information content (AvgIpc) is 2.53. The molecule has 0 aliphatic heterocycles. The van der Waals surface area contributed by atoms with Crippen LogP contribution in [0.1, 0.15) is 0 Å². The lowest BCUT2D eigenvalue weighted by Gasteiger charge is -1.94. The van der Waals surface area contributed by atoms with E-state index in [2.05, 4.69) is 25.9 Å². The van der Waals surface area contributed by atoms with Crippen molar-refractivity contribution in [2.75, 3.05) is 5.73 Å². The fourth-order valence-electron chi connectivity index (χ4n) is 0.928. The molecule has 0 aliphatic rings. The number of thiazole rings is 1. The van der Waals surface area contributed by atoms with Gasteiger partial charge in [-0.15, -0.1) is 0 Å². The minimum absolute atomic E-state index is 0.569. The molecule has 2 aromatic rings. The van der Waals surface area contributed by atoms with Crippen LogP contribution in [0.5, 0.6) is 0 Å². The zero-order valence-corrected chi connectivity index (χ0v) is 8.97. The number of rotatable bonds is 1. The summed E-state index contributed by atoms with van der Waals surface area (Å²) in [5, 5.41) is 0.569. The highest BCUT2D eigenvalue weighted by molar-refractivity contribution is 9.10. The van der Waals surface area contributed by atoms with Gasteiger partial charge in [-0.2, -0.15) is 0 Å². The van der Waals surface area contributed by atoms with Crippen molar-refractivity contribution in [1.29, 1.82) is 0 Å². The minimum atomic E-state index is 0.569. The first-order chi connectivity index (χ1) is 6.25. The molecule has 0 fully saturated rings. The lowest BCUT2D eigenvalue weighted by atomic mass is 10.3. The number of hydrogen-bond acceptors (Lipinski definition) is 4. The Morgan fingerprint density at radius 3 is 2.62 bits per heavy atom. The Balaban J connectivity index is 2.41.